The molecule has 0 aliphatic carbocycles. The summed E-state index contributed by atoms with van der Waals surface area (Å²) in [5, 5.41) is 23.7. The number of benzene rings is 2. The first-order valence-corrected chi connectivity index (χ1v) is 8.87. The van der Waals surface area contributed by atoms with E-state index >= 15 is 0 Å². The molecule has 1 amide bonds. The Morgan fingerprint density at radius 1 is 1.16 bits per heavy atom. The molecule has 8 nitrogen and oxygen atoms in total. The van der Waals surface area contributed by atoms with Gasteiger partial charge in [0.1, 0.15) is 11.3 Å². The highest BCUT2D eigenvalue weighted by Crippen LogP contribution is 2.31. The Kier molecular flexibility index (Phi) is 5.92. The molecule has 0 spiro atoms. The molecule has 1 aromatic heterocycles. The molecule has 160 valence electrons. The van der Waals surface area contributed by atoms with Gasteiger partial charge in [-0.2, -0.15) is 18.3 Å². The van der Waals surface area contributed by atoms with Crippen molar-refractivity contribution in [3.05, 3.63) is 80.3 Å². The quantitative estimate of drug-likeness (QED) is 0.277. The van der Waals surface area contributed by atoms with Gasteiger partial charge in [-0.3, -0.25) is 19.1 Å². The number of aromatic hydroxyl groups is 2. The van der Waals surface area contributed by atoms with Crippen molar-refractivity contribution >= 4 is 24.3 Å². The maximum Gasteiger partial charge on any atom is 0.416 e. The number of phenols is 1. The second kappa shape index (κ2) is 8.44. The van der Waals surface area contributed by atoms with E-state index in [0.29, 0.717) is 0 Å². The average Bonchev–Trinajstić information content (AvgIpc) is 2.70. The third kappa shape index (κ3) is 4.64. The number of nitrogens with zero attached hydrogens (tertiary/aromatic N) is 2. The van der Waals surface area contributed by atoms with Crippen LogP contribution in [0.4, 0.5) is 13.2 Å². The van der Waals surface area contributed by atoms with Crippen molar-refractivity contribution in [3.8, 4) is 17.3 Å². The lowest BCUT2D eigenvalue weighted by Gasteiger charge is -2.13. The summed E-state index contributed by atoms with van der Waals surface area (Å²) in [6, 6.07) is 9.59. The number of alkyl halides is 3. The number of amides is 1. The number of hydrazone groups is 1. The summed E-state index contributed by atoms with van der Waals surface area (Å²) in [5.74, 6) is -1.88. The van der Waals surface area contributed by atoms with Crippen LogP contribution in [0.5, 0.6) is 11.6 Å². The van der Waals surface area contributed by atoms with Crippen LogP contribution >= 0.6 is 12.2 Å². The topological polar surface area (TPSA) is 120 Å². The van der Waals surface area contributed by atoms with Gasteiger partial charge in [-0.1, -0.05) is 18.2 Å². The number of aromatic nitrogens is 2. The molecule has 0 aliphatic heterocycles. The molecule has 3 aromatic rings. The Bertz CT molecular complexity index is 1300. The fourth-order valence-electron chi connectivity index (χ4n) is 2.60. The molecular weight excluding hydrogens is 437 g/mol. The number of hydrogen-bond acceptors (Lipinski definition) is 6. The average molecular weight is 450 g/mol. The van der Waals surface area contributed by atoms with Gasteiger partial charge in [-0.05, 0) is 42.5 Å². The lowest BCUT2D eigenvalue weighted by molar-refractivity contribution is -0.137. The van der Waals surface area contributed by atoms with Crippen LogP contribution in [0.15, 0.2) is 58.4 Å². The van der Waals surface area contributed by atoms with Crippen molar-refractivity contribution in [1.82, 2.24) is 15.0 Å². The molecule has 12 heteroatoms. The highest BCUT2D eigenvalue weighted by atomic mass is 32.1. The maximum atomic E-state index is 13.0. The highest BCUT2D eigenvalue weighted by Gasteiger charge is 2.30. The van der Waals surface area contributed by atoms with Gasteiger partial charge in [0.05, 0.1) is 23.0 Å². The molecule has 3 rings (SSSR count). The molecule has 0 atom stereocenters. The zero-order chi connectivity index (χ0) is 22.8. The number of H-pyrrole nitrogens is 1. The Balaban J connectivity index is 1.98. The SMILES string of the molecule is O=C(NN=Cc1c(O)n(-c2cccc(C(F)(F)F)c2)c(=S)[nH]c1=O)c1ccccc1O. The lowest BCUT2D eigenvalue weighted by Crippen LogP contribution is -2.21. The van der Waals surface area contributed by atoms with Crippen molar-refractivity contribution in [2.75, 3.05) is 0 Å². The van der Waals surface area contributed by atoms with Gasteiger partial charge in [0.25, 0.3) is 11.5 Å². The zero-order valence-electron chi connectivity index (χ0n) is 15.3. The minimum Gasteiger partial charge on any atom is -0.507 e. The van der Waals surface area contributed by atoms with Crippen LogP contribution in [0.3, 0.4) is 0 Å². The minimum absolute atomic E-state index is 0.0854. The predicted molar refractivity (Wildman–Crippen MR) is 107 cm³/mol. The monoisotopic (exact) mass is 450 g/mol. The maximum absolute atomic E-state index is 13.0. The number of aromatic amines is 1. The van der Waals surface area contributed by atoms with Crippen molar-refractivity contribution in [3.63, 3.8) is 0 Å². The lowest BCUT2D eigenvalue weighted by atomic mass is 10.2. The number of carbonyl (C=O) groups is 1. The Morgan fingerprint density at radius 2 is 1.87 bits per heavy atom. The second-order valence-corrected chi connectivity index (χ2v) is 6.48. The first-order valence-electron chi connectivity index (χ1n) is 8.47. The molecule has 0 unspecified atom stereocenters. The van der Waals surface area contributed by atoms with Gasteiger partial charge in [0.15, 0.2) is 4.77 Å². The summed E-state index contributed by atoms with van der Waals surface area (Å²) in [4.78, 5) is 26.4. The Labute approximate surface area is 176 Å². The number of para-hydroxylation sites is 1. The van der Waals surface area contributed by atoms with Gasteiger partial charge in [0, 0.05) is 0 Å². The summed E-state index contributed by atoms with van der Waals surface area (Å²) in [6.07, 6.45) is -3.83. The summed E-state index contributed by atoms with van der Waals surface area (Å²) in [6.45, 7) is 0. The van der Waals surface area contributed by atoms with E-state index in [2.05, 4.69) is 15.5 Å². The van der Waals surface area contributed by atoms with E-state index < -0.39 is 34.6 Å². The Morgan fingerprint density at radius 3 is 2.55 bits per heavy atom. The van der Waals surface area contributed by atoms with E-state index in [4.69, 9.17) is 12.2 Å². The van der Waals surface area contributed by atoms with Crippen LogP contribution in [0.2, 0.25) is 0 Å². The van der Waals surface area contributed by atoms with Crippen molar-refractivity contribution < 1.29 is 28.2 Å². The predicted octanol–water partition coefficient (Wildman–Crippen LogP) is 3.09. The van der Waals surface area contributed by atoms with Crippen LogP contribution in [0, 0.1) is 4.77 Å². The number of carbonyl (C=O) groups excluding carboxylic acids is 1. The number of nitrogens with one attached hydrogen (secondary N) is 2. The van der Waals surface area contributed by atoms with Crippen LogP contribution in [0.25, 0.3) is 5.69 Å². The largest absolute Gasteiger partial charge is 0.507 e. The summed E-state index contributed by atoms with van der Waals surface area (Å²) in [5.41, 5.74) is -0.504. The molecule has 4 N–H and O–H groups in total. The molecular formula is C19H13F3N4O4S. The van der Waals surface area contributed by atoms with E-state index in [0.717, 1.165) is 29.0 Å². The third-order valence-electron chi connectivity index (χ3n) is 4.06. The van der Waals surface area contributed by atoms with E-state index in [9.17, 15) is 33.0 Å². The van der Waals surface area contributed by atoms with Crippen molar-refractivity contribution in [2.24, 2.45) is 5.10 Å². The summed E-state index contributed by atoms with van der Waals surface area (Å²) in [7, 11) is 0. The normalized spacial score (nSPS) is 11.6. The molecule has 0 radical (unpaired) electrons. The fraction of sp³-hybridized carbons (Fsp3) is 0.0526. The fourth-order valence-corrected chi connectivity index (χ4v) is 2.88. The number of phenolic OH excluding ortho intramolecular Hbond substituents is 1. The summed E-state index contributed by atoms with van der Waals surface area (Å²) >= 11 is 4.96. The third-order valence-corrected chi connectivity index (χ3v) is 4.35. The molecule has 0 saturated carbocycles. The van der Waals surface area contributed by atoms with Crippen LogP contribution < -0.4 is 11.0 Å². The Hall–Kier alpha value is -3.93. The molecule has 0 aliphatic rings. The number of hydrogen-bond donors (Lipinski definition) is 4. The van der Waals surface area contributed by atoms with Gasteiger partial charge in [0.2, 0.25) is 5.88 Å². The van der Waals surface area contributed by atoms with Crippen molar-refractivity contribution in [2.45, 2.75) is 6.18 Å². The second-order valence-electron chi connectivity index (χ2n) is 6.10. The highest BCUT2D eigenvalue weighted by molar-refractivity contribution is 7.71. The smallest absolute Gasteiger partial charge is 0.416 e. The molecule has 0 saturated heterocycles. The van der Waals surface area contributed by atoms with Crippen LogP contribution in [-0.2, 0) is 6.18 Å². The first-order chi connectivity index (χ1) is 14.6. The van der Waals surface area contributed by atoms with E-state index in [1.807, 2.05) is 0 Å². The first kappa shape index (κ1) is 21.8. The van der Waals surface area contributed by atoms with Gasteiger partial charge in [-0.15, -0.1) is 0 Å². The van der Waals surface area contributed by atoms with E-state index in [1.165, 1.54) is 30.3 Å². The van der Waals surface area contributed by atoms with Gasteiger partial charge in [-0.25, -0.2) is 5.43 Å². The standard InChI is InChI=1S/C19H13F3N4O4S/c20-19(21,22)10-4-3-5-11(8-10)26-17(30)13(15(28)24-18(26)31)9-23-25-16(29)12-6-1-2-7-14(12)27/h1-9,27,30H,(H,25,29)(H,24,28,31). The van der Waals surface area contributed by atoms with E-state index in [1.54, 1.807) is 0 Å². The molecule has 0 bridgehead atoms. The van der Waals surface area contributed by atoms with E-state index in [-0.39, 0.29) is 21.8 Å². The molecule has 31 heavy (non-hydrogen) atoms. The number of halogens is 3. The molecule has 2 aromatic carbocycles. The molecule has 1 heterocycles. The van der Waals surface area contributed by atoms with Crippen LogP contribution in [-0.4, -0.2) is 31.9 Å². The minimum atomic E-state index is -4.63. The van der Waals surface area contributed by atoms with Gasteiger partial charge < -0.3 is 10.2 Å². The van der Waals surface area contributed by atoms with Gasteiger partial charge >= 0.3 is 6.18 Å². The number of rotatable bonds is 4. The summed E-state index contributed by atoms with van der Waals surface area (Å²) < 4.78 is 39.5. The van der Waals surface area contributed by atoms with Crippen molar-refractivity contribution in [1.29, 1.82) is 0 Å². The molecule has 0 fully saturated rings. The zero-order valence-corrected chi connectivity index (χ0v) is 16.2. The van der Waals surface area contributed by atoms with Crippen LogP contribution in [0.1, 0.15) is 21.5 Å².